The molecular weight excluding hydrogens is 136 g/mol. The predicted octanol–water partition coefficient (Wildman–Crippen LogP) is 2.85. The van der Waals surface area contributed by atoms with Gasteiger partial charge in [-0.2, -0.15) is 0 Å². The molecule has 0 aromatic carbocycles. The second-order valence-electron chi connectivity index (χ2n) is 3.98. The third kappa shape index (κ3) is 1.76. The van der Waals surface area contributed by atoms with Crippen LogP contribution in [0.1, 0.15) is 40.0 Å². The van der Waals surface area contributed by atoms with Gasteiger partial charge in [0, 0.05) is 13.2 Å². The molecule has 66 valence electrons. The fourth-order valence-electron chi connectivity index (χ4n) is 2.12. The van der Waals surface area contributed by atoms with Crippen molar-refractivity contribution in [2.75, 3.05) is 13.2 Å². The maximum Gasteiger partial charge on any atom is 0.0471 e. The average molecular weight is 156 g/mol. The highest BCUT2D eigenvalue weighted by molar-refractivity contribution is 4.83. The first kappa shape index (κ1) is 9.05. The van der Waals surface area contributed by atoms with Gasteiger partial charge in [-0.15, -0.1) is 0 Å². The van der Waals surface area contributed by atoms with E-state index in [9.17, 15) is 0 Å². The van der Waals surface area contributed by atoms with Crippen LogP contribution in [-0.4, -0.2) is 13.2 Å². The van der Waals surface area contributed by atoms with Gasteiger partial charge in [-0.25, -0.2) is 0 Å². The second kappa shape index (κ2) is 3.57. The summed E-state index contributed by atoms with van der Waals surface area (Å²) < 4.78 is 5.38. The highest BCUT2D eigenvalue weighted by atomic mass is 16.5. The summed E-state index contributed by atoms with van der Waals surface area (Å²) in [6.45, 7) is 8.95. The molecule has 0 amide bonds. The first-order chi connectivity index (χ1) is 5.21. The standard InChI is InChI=1S/C10H20O/c1-4-10(9(2)3)5-7-11-8-6-10/h9H,4-8H2,1-3H3. The SMILES string of the molecule is CCC1(C(C)C)CCOCC1. The quantitative estimate of drug-likeness (QED) is 0.597. The lowest BCUT2D eigenvalue weighted by Crippen LogP contribution is -2.33. The van der Waals surface area contributed by atoms with Crippen LogP contribution in [0.3, 0.4) is 0 Å². The molecule has 1 saturated heterocycles. The maximum absolute atomic E-state index is 5.38. The number of rotatable bonds is 2. The zero-order chi connectivity index (χ0) is 8.32. The Morgan fingerprint density at radius 2 is 1.82 bits per heavy atom. The highest BCUT2D eigenvalue weighted by Gasteiger charge is 2.33. The Morgan fingerprint density at radius 3 is 2.09 bits per heavy atom. The van der Waals surface area contributed by atoms with Crippen LogP contribution in [0.25, 0.3) is 0 Å². The van der Waals surface area contributed by atoms with Gasteiger partial charge in [-0.1, -0.05) is 27.2 Å². The molecule has 11 heavy (non-hydrogen) atoms. The van der Waals surface area contributed by atoms with Crippen molar-refractivity contribution in [3.8, 4) is 0 Å². The molecule has 0 unspecified atom stereocenters. The normalized spacial score (nSPS) is 24.0. The average Bonchev–Trinajstić information content (AvgIpc) is 2.05. The predicted molar refractivity (Wildman–Crippen MR) is 47.6 cm³/mol. The van der Waals surface area contributed by atoms with Gasteiger partial charge in [0.15, 0.2) is 0 Å². The maximum atomic E-state index is 5.38. The molecule has 1 heterocycles. The number of ether oxygens (including phenoxy) is 1. The molecule has 1 aliphatic heterocycles. The van der Waals surface area contributed by atoms with Crippen LogP contribution in [0.2, 0.25) is 0 Å². The van der Waals surface area contributed by atoms with E-state index in [1.54, 1.807) is 0 Å². The van der Waals surface area contributed by atoms with Crippen LogP contribution >= 0.6 is 0 Å². The minimum atomic E-state index is 0.595. The minimum Gasteiger partial charge on any atom is -0.381 e. The first-order valence-corrected chi connectivity index (χ1v) is 4.79. The van der Waals surface area contributed by atoms with Crippen molar-refractivity contribution in [1.29, 1.82) is 0 Å². The van der Waals surface area contributed by atoms with E-state index >= 15 is 0 Å². The molecule has 1 heteroatoms. The zero-order valence-electron chi connectivity index (χ0n) is 8.02. The lowest BCUT2D eigenvalue weighted by Gasteiger charge is -2.40. The highest BCUT2D eigenvalue weighted by Crippen LogP contribution is 2.40. The van der Waals surface area contributed by atoms with E-state index in [1.165, 1.54) is 19.3 Å². The van der Waals surface area contributed by atoms with E-state index in [0.717, 1.165) is 19.1 Å². The lowest BCUT2D eigenvalue weighted by atomic mass is 9.69. The molecular formula is C10H20O. The third-order valence-corrected chi connectivity index (χ3v) is 3.42. The van der Waals surface area contributed by atoms with Crippen molar-refractivity contribution in [2.45, 2.75) is 40.0 Å². The van der Waals surface area contributed by atoms with Crippen LogP contribution in [-0.2, 0) is 4.74 Å². The Kier molecular flexibility index (Phi) is 2.94. The van der Waals surface area contributed by atoms with Gasteiger partial charge in [0.2, 0.25) is 0 Å². The van der Waals surface area contributed by atoms with Crippen molar-refractivity contribution in [1.82, 2.24) is 0 Å². The van der Waals surface area contributed by atoms with Crippen molar-refractivity contribution in [3.05, 3.63) is 0 Å². The van der Waals surface area contributed by atoms with Crippen LogP contribution < -0.4 is 0 Å². The Bertz CT molecular complexity index is 112. The van der Waals surface area contributed by atoms with Gasteiger partial charge in [-0.05, 0) is 24.2 Å². The summed E-state index contributed by atoms with van der Waals surface area (Å²) in [5.74, 6) is 0.816. The van der Waals surface area contributed by atoms with E-state index in [4.69, 9.17) is 4.74 Å². The number of hydrogen-bond donors (Lipinski definition) is 0. The Hall–Kier alpha value is -0.0400. The topological polar surface area (TPSA) is 9.23 Å². The minimum absolute atomic E-state index is 0.595. The van der Waals surface area contributed by atoms with Gasteiger partial charge in [0.25, 0.3) is 0 Å². The van der Waals surface area contributed by atoms with Crippen molar-refractivity contribution >= 4 is 0 Å². The molecule has 0 saturated carbocycles. The fourth-order valence-corrected chi connectivity index (χ4v) is 2.12. The Balaban J connectivity index is 2.57. The van der Waals surface area contributed by atoms with E-state index in [1.807, 2.05) is 0 Å². The van der Waals surface area contributed by atoms with Crippen LogP contribution in [0.5, 0.6) is 0 Å². The molecule has 0 aromatic heterocycles. The molecule has 0 aromatic rings. The molecule has 0 N–H and O–H groups in total. The summed E-state index contributed by atoms with van der Waals surface area (Å²) >= 11 is 0. The summed E-state index contributed by atoms with van der Waals surface area (Å²) in [7, 11) is 0. The van der Waals surface area contributed by atoms with Crippen LogP contribution in [0, 0.1) is 11.3 Å². The molecule has 0 aliphatic carbocycles. The summed E-state index contributed by atoms with van der Waals surface area (Å²) in [6.07, 6.45) is 3.84. The lowest BCUT2D eigenvalue weighted by molar-refractivity contribution is -0.0126. The van der Waals surface area contributed by atoms with Gasteiger partial charge in [-0.3, -0.25) is 0 Å². The molecule has 1 aliphatic rings. The van der Waals surface area contributed by atoms with Crippen molar-refractivity contribution in [2.24, 2.45) is 11.3 Å². The smallest absolute Gasteiger partial charge is 0.0471 e. The van der Waals surface area contributed by atoms with Gasteiger partial charge in [0.1, 0.15) is 0 Å². The Labute approximate surface area is 70.1 Å². The van der Waals surface area contributed by atoms with Crippen LogP contribution in [0.15, 0.2) is 0 Å². The number of hydrogen-bond acceptors (Lipinski definition) is 1. The van der Waals surface area contributed by atoms with Gasteiger partial charge in [0.05, 0.1) is 0 Å². The monoisotopic (exact) mass is 156 g/mol. The Morgan fingerprint density at radius 1 is 1.27 bits per heavy atom. The summed E-state index contributed by atoms with van der Waals surface area (Å²) in [5, 5.41) is 0. The molecule has 0 radical (unpaired) electrons. The van der Waals surface area contributed by atoms with Crippen molar-refractivity contribution in [3.63, 3.8) is 0 Å². The van der Waals surface area contributed by atoms with E-state index < -0.39 is 0 Å². The molecule has 1 fully saturated rings. The van der Waals surface area contributed by atoms with Gasteiger partial charge < -0.3 is 4.74 Å². The molecule has 1 rings (SSSR count). The second-order valence-corrected chi connectivity index (χ2v) is 3.98. The van der Waals surface area contributed by atoms with Crippen LogP contribution in [0.4, 0.5) is 0 Å². The first-order valence-electron chi connectivity index (χ1n) is 4.79. The third-order valence-electron chi connectivity index (χ3n) is 3.42. The van der Waals surface area contributed by atoms with Crippen molar-refractivity contribution < 1.29 is 4.74 Å². The fraction of sp³-hybridized carbons (Fsp3) is 1.00. The van der Waals surface area contributed by atoms with E-state index in [0.29, 0.717) is 5.41 Å². The summed E-state index contributed by atoms with van der Waals surface area (Å²) in [4.78, 5) is 0. The zero-order valence-corrected chi connectivity index (χ0v) is 8.02. The molecule has 0 bridgehead atoms. The molecule has 0 atom stereocenters. The van der Waals surface area contributed by atoms with Gasteiger partial charge >= 0.3 is 0 Å². The molecule has 1 nitrogen and oxygen atoms in total. The van der Waals surface area contributed by atoms with E-state index in [-0.39, 0.29) is 0 Å². The largest absolute Gasteiger partial charge is 0.381 e. The molecule has 0 spiro atoms. The summed E-state index contributed by atoms with van der Waals surface area (Å²) in [6, 6.07) is 0. The van der Waals surface area contributed by atoms with E-state index in [2.05, 4.69) is 20.8 Å². The summed E-state index contributed by atoms with van der Waals surface area (Å²) in [5.41, 5.74) is 0.595.